The smallest absolute Gasteiger partial charge is 0.315 e. The zero-order valence-electron chi connectivity index (χ0n) is 11.5. The summed E-state index contributed by atoms with van der Waals surface area (Å²) in [7, 11) is 1.29. The van der Waals surface area contributed by atoms with E-state index in [1.807, 2.05) is 34.5 Å². The zero-order valence-corrected chi connectivity index (χ0v) is 11.5. The first-order chi connectivity index (χ1) is 8.75. The Bertz CT molecular complexity index is 304. The fourth-order valence-corrected chi connectivity index (χ4v) is 0.768. The van der Waals surface area contributed by atoms with E-state index in [2.05, 4.69) is 9.78 Å². The van der Waals surface area contributed by atoms with Gasteiger partial charge in [0.1, 0.15) is 6.79 Å². The Balaban J connectivity index is -0.000000328. The highest BCUT2D eigenvalue weighted by Crippen LogP contribution is 2.25. The van der Waals surface area contributed by atoms with Crippen LogP contribution in [-0.4, -0.2) is 18.8 Å². The molecule has 0 heterocycles. The van der Waals surface area contributed by atoms with Gasteiger partial charge in [0.05, 0.1) is 12.0 Å². The lowest BCUT2D eigenvalue weighted by atomic mass is 10.3. The van der Waals surface area contributed by atoms with Crippen molar-refractivity contribution in [3.8, 4) is 5.75 Å². The summed E-state index contributed by atoms with van der Waals surface area (Å²) < 4.78 is 0. The van der Waals surface area contributed by atoms with Crippen molar-refractivity contribution in [3.63, 3.8) is 0 Å². The van der Waals surface area contributed by atoms with E-state index in [-0.39, 0.29) is 11.4 Å². The second-order valence-corrected chi connectivity index (χ2v) is 1.97. The molecule has 1 aromatic rings. The standard InChI is InChI=1S/C7H7NO4.2C2H6.CH2O/c1-11-12-7-5-3-2-4-6(7)8(9)10;3*1-2/h2-5H,1H3;2*1-2H3;1H2. The van der Waals surface area contributed by atoms with E-state index in [0.717, 1.165) is 0 Å². The molecule has 0 bridgehead atoms. The number of carbonyl (C=O) groups excluding carboxylic acids is 1. The van der Waals surface area contributed by atoms with E-state index >= 15 is 0 Å². The molecule has 0 spiro atoms. The Morgan fingerprint density at radius 2 is 1.56 bits per heavy atom. The Labute approximate surface area is 108 Å². The minimum Gasteiger partial charge on any atom is -0.330 e. The molecule has 0 aromatic heterocycles. The van der Waals surface area contributed by atoms with Gasteiger partial charge in [0, 0.05) is 6.07 Å². The molecular formula is C12H21NO5. The van der Waals surface area contributed by atoms with Crippen LogP contribution in [0.15, 0.2) is 24.3 Å². The SMILES string of the molecule is C=O.CC.CC.COOc1ccccc1[N+](=O)[O-]. The van der Waals surface area contributed by atoms with Crippen molar-refractivity contribution in [2.75, 3.05) is 7.11 Å². The van der Waals surface area contributed by atoms with Crippen molar-refractivity contribution in [2.45, 2.75) is 27.7 Å². The third-order valence-electron chi connectivity index (χ3n) is 1.24. The van der Waals surface area contributed by atoms with Crippen LogP contribution < -0.4 is 4.89 Å². The molecule has 104 valence electrons. The first-order valence-electron chi connectivity index (χ1n) is 5.48. The predicted molar refractivity (Wildman–Crippen MR) is 70.6 cm³/mol. The lowest BCUT2D eigenvalue weighted by Crippen LogP contribution is -1.95. The number of para-hydroxylation sites is 2. The highest BCUT2D eigenvalue weighted by Gasteiger charge is 2.13. The fraction of sp³-hybridized carbons (Fsp3) is 0.417. The largest absolute Gasteiger partial charge is 0.330 e. The molecule has 0 saturated heterocycles. The summed E-state index contributed by atoms with van der Waals surface area (Å²) in [6, 6.07) is 5.98. The molecule has 0 unspecified atom stereocenters. The molecule has 0 fully saturated rings. The highest BCUT2D eigenvalue weighted by atomic mass is 17.2. The van der Waals surface area contributed by atoms with Crippen LogP contribution in [0.4, 0.5) is 5.69 Å². The summed E-state index contributed by atoms with van der Waals surface area (Å²) >= 11 is 0. The van der Waals surface area contributed by atoms with Gasteiger partial charge in [0.2, 0.25) is 5.75 Å². The minimum atomic E-state index is -0.533. The first kappa shape index (κ1) is 21.3. The van der Waals surface area contributed by atoms with Crippen molar-refractivity contribution in [1.29, 1.82) is 0 Å². The summed E-state index contributed by atoms with van der Waals surface area (Å²) in [5, 5.41) is 10.4. The van der Waals surface area contributed by atoms with Gasteiger partial charge in [0.15, 0.2) is 0 Å². The van der Waals surface area contributed by atoms with E-state index < -0.39 is 4.92 Å². The normalized spacial score (nSPS) is 7.17. The molecule has 1 aromatic carbocycles. The van der Waals surface area contributed by atoms with Gasteiger partial charge in [-0.15, -0.1) is 0 Å². The van der Waals surface area contributed by atoms with Gasteiger partial charge in [-0.05, 0) is 6.07 Å². The molecule has 0 N–H and O–H groups in total. The molecule has 0 atom stereocenters. The Morgan fingerprint density at radius 1 is 1.11 bits per heavy atom. The number of nitro benzene ring substituents is 1. The summed E-state index contributed by atoms with van der Waals surface area (Å²) in [6.07, 6.45) is 0. The van der Waals surface area contributed by atoms with Gasteiger partial charge in [-0.3, -0.25) is 10.1 Å². The van der Waals surface area contributed by atoms with Crippen molar-refractivity contribution in [3.05, 3.63) is 34.4 Å². The third-order valence-corrected chi connectivity index (χ3v) is 1.24. The van der Waals surface area contributed by atoms with Gasteiger partial charge >= 0.3 is 5.69 Å². The molecule has 0 amide bonds. The number of hydrogen-bond donors (Lipinski definition) is 0. The Hall–Kier alpha value is -1.95. The maximum Gasteiger partial charge on any atom is 0.315 e. The van der Waals surface area contributed by atoms with Crippen LogP contribution >= 0.6 is 0 Å². The molecule has 0 aliphatic rings. The average Bonchev–Trinajstić information content (AvgIpc) is 2.46. The number of nitro groups is 1. The molecule has 1 rings (SSSR count). The maximum atomic E-state index is 10.4. The number of rotatable bonds is 3. The van der Waals surface area contributed by atoms with Crippen LogP contribution in [0.3, 0.4) is 0 Å². The molecule has 0 saturated carbocycles. The van der Waals surface area contributed by atoms with Crippen LogP contribution in [-0.2, 0) is 9.68 Å². The molecule has 0 aliphatic carbocycles. The van der Waals surface area contributed by atoms with E-state index in [4.69, 9.17) is 4.79 Å². The molecule has 6 heteroatoms. The summed E-state index contributed by atoms with van der Waals surface area (Å²) in [4.78, 5) is 26.7. The highest BCUT2D eigenvalue weighted by molar-refractivity contribution is 5.45. The average molecular weight is 259 g/mol. The topological polar surface area (TPSA) is 78.7 Å². The van der Waals surface area contributed by atoms with Crippen LogP contribution in [0.25, 0.3) is 0 Å². The van der Waals surface area contributed by atoms with Crippen LogP contribution in [0.5, 0.6) is 5.75 Å². The summed E-state index contributed by atoms with van der Waals surface area (Å²) in [5.74, 6) is 0.102. The van der Waals surface area contributed by atoms with E-state index in [0.29, 0.717) is 0 Å². The van der Waals surface area contributed by atoms with Crippen molar-refractivity contribution < 1.29 is 19.5 Å². The number of benzene rings is 1. The lowest BCUT2D eigenvalue weighted by Gasteiger charge is -1.99. The number of nitrogens with zero attached hydrogens (tertiary/aromatic N) is 1. The van der Waals surface area contributed by atoms with Gasteiger partial charge in [0.25, 0.3) is 0 Å². The van der Waals surface area contributed by atoms with E-state index in [1.54, 1.807) is 12.1 Å². The summed E-state index contributed by atoms with van der Waals surface area (Å²) in [6.45, 7) is 10.0. The molecular weight excluding hydrogens is 238 g/mol. The molecule has 0 radical (unpaired) electrons. The number of carbonyl (C=O) groups is 1. The lowest BCUT2D eigenvalue weighted by molar-refractivity contribution is -0.388. The molecule has 6 nitrogen and oxygen atoms in total. The third kappa shape index (κ3) is 9.29. The molecule has 18 heavy (non-hydrogen) atoms. The van der Waals surface area contributed by atoms with Crippen molar-refractivity contribution in [2.24, 2.45) is 0 Å². The van der Waals surface area contributed by atoms with E-state index in [9.17, 15) is 10.1 Å². The van der Waals surface area contributed by atoms with Crippen LogP contribution in [0, 0.1) is 10.1 Å². The number of hydrogen-bond acceptors (Lipinski definition) is 5. The van der Waals surface area contributed by atoms with Crippen LogP contribution in [0.1, 0.15) is 27.7 Å². The van der Waals surface area contributed by atoms with Crippen LogP contribution in [0.2, 0.25) is 0 Å². The van der Waals surface area contributed by atoms with Crippen molar-refractivity contribution >= 4 is 12.5 Å². The van der Waals surface area contributed by atoms with Gasteiger partial charge in [-0.25, -0.2) is 0 Å². The summed E-state index contributed by atoms with van der Waals surface area (Å²) in [5.41, 5.74) is -0.112. The van der Waals surface area contributed by atoms with Gasteiger partial charge in [-0.2, -0.15) is 4.89 Å². The van der Waals surface area contributed by atoms with Gasteiger partial charge < -0.3 is 9.68 Å². The first-order valence-corrected chi connectivity index (χ1v) is 5.48. The second kappa shape index (κ2) is 17.4. The van der Waals surface area contributed by atoms with Crippen molar-refractivity contribution in [1.82, 2.24) is 0 Å². The fourth-order valence-electron chi connectivity index (χ4n) is 0.768. The maximum absolute atomic E-state index is 10.4. The molecule has 0 aliphatic heterocycles. The Kier molecular flexibility index (Phi) is 20.7. The monoisotopic (exact) mass is 259 g/mol. The Morgan fingerprint density at radius 3 is 1.94 bits per heavy atom. The van der Waals surface area contributed by atoms with E-state index in [1.165, 1.54) is 19.2 Å². The predicted octanol–water partition coefficient (Wildman–Crippen LogP) is 3.40. The van der Waals surface area contributed by atoms with Gasteiger partial charge in [-0.1, -0.05) is 39.8 Å². The zero-order chi connectivity index (χ0) is 15.0. The minimum absolute atomic E-state index is 0.102. The second-order valence-electron chi connectivity index (χ2n) is 1.97. The quantitative estimate of drug-likeness (QED) is 0.472.